The number of aromatic nitrogens is 1. The van der Waals surface area contributed by atoms with Gasteiger partial charge in [0.15, 0.2) is 0 Å². The Morgan fingerprint density at radius 1 is 1.21 bits per heavy atom. The van der Waals surface area contributed by atoms with E-state index in [1.165, 1.54) is 36.7 Å². The number of anilines is 1. The quantitative estimate of drug-likeness (QED) is 0.353. The first-order valence-corrected chi connectivity index (χ1v) is 7.69. The summed E-state index contributed by atoms with van der Waals surface area (Å²) in [5.74, 6) is -0.492. The smallest absolute Gasteiger partial charge is 0.269 e. The fraction of sp³-hybridized carbons (Fsp3) is 0.143. The van der Waals surface area contributed by atoms with E-state index in [1.807, 2.05) is 0 Å². The highest BCUT2D eigenvalue weighted by atomic mass is 35.6. The van der Waals surface area contributed by atoms with Crippen molar-refractivity contribution in [1.29, 1.82) is 0 Å². The number of hydrogen-bond donors (Lipinski definition) is 2. The van der Waals surface area contributed by atoms with Crippen LogP contribution in [-0.4, -0.2) is 25.8 Å². The summed E-state index contributed by atoms with van der Waals surface area (Å²) in [6.07, 6.45) is 1.83. The lowest BCUT2D eigenvalue weighted by Gasteiger charge is -2.27. The molecular formula is C14H11Cl3N4O3. The molecule has 10 heteroatoms. The molecule has 0 saturated heterocycles. The molecule has 2 aromatic rings. The second-order valence-electron chi connectivity index (χ2n) is 4.64. The van der Waals surface area contributed by atoms with E-state index in [-0.39, 0.29) is 5.69 Å². The number of non-ortho nitro benzene ring substituents is 1. The summed E-state index contributed by atoms with van der Waals surface area (Å²) < 4.78 is -1.86. The summed E-state index contributed by atoms with van der Waals surface area (Å²) >= 11 is 17.7. The molecular weight excluding hydrogens is 379 g/mol. The van der Waals surface area contributed by atoms with Crippen LogP contribution in [0.15, 0.2) is 48.8 Å². The number of nitrogens with one attached hydrogen (secondary N) is 2. The second kappa shape index (κ2) is 7.65. The van der Waals surface area contributed by atoms with E-state index in [2.05, 4.69) is 15.6 Å². The topological polar surface area (TPSA) is 97.2 Å². The lowest BCUT2D eigenvalue weighted by atomic mass is 10.2. The molecule has 1 atom stereocenters. The van der Waals surface area contributed by atoms with Gasteiger partial charge in [-0.2, -0.15) is 0 Å². The lowest BCUT2D eigenvalue weighted by molar-refractivity contribution is -0.384. The SMILES string of the molecule is O=C(N[C@@H](Nc1ccc([N+](=O)[O-])cc1)C(Cl)(Cl)Cl)c1cccnc1. The van der Waals surface area contributed by atoms with Gasteiger partial charge >= 0.3 is 0 Å². The molecule has 0 bridgehead atoms. The van der Waals surface area contributed by atoms with Gasteiger partial charge in [0, 0.05) is 30.2 Å². The summed E-state index contributed by atoms with van der Waals surface area (Å²) in [4.78, 5) is 26.1. The Morgan fingerprint density at radius 2 is 1.88 bits per heavy atom. The Bertz CT molecular complexity index is 720. The van der Waals surface area contributed by atoms with Crippen molar-refractivity contribution in [3.63, 3.8) is 0 Å². The van der Waals surface area contributed by atoms with Crippen LogP contribution in [0.4, 0.5) is 11.4 Å². The molecule has 0 spiro atoms. The molecule has 0 aliphatic carbocycles. The third-order valence-electron chi connectivity index (χ3n) is 2.92. The van der Waals surface area contributed by atoms with Gasteiger partial charge in [-0.05, 0) is 24.3 Å². The molecule has 0 radical (unpaired) electrons. The molecule has 2 N–H and O–H groups in total. The van der Waals surface area contributed by atoms with Crippen LogP contribution in [0.5, 0.6) is 0 Å². The third-order valence-corrected chi connectivity index (χ3v) is 3.57. The van der Waals surface area contributed by atoms with Crippen LogP contribution in [0.1, 0.15) is 10.4 Å². The van der Waals surface area contributed by atoms with Gasteiger partial charge in [-0.3, -0.25) is 19.9 Å². The van der Waals surface area contributed by atoms with Crippen LogP contribution in [0.3, 0.4) is 0 Å². The zero-order valence-corrected chi connectivity index (χ0v) is 14.2. The summed E-state index contributed by atoms with van der Waals surface area (Å²) in [6, 6.07) is 8.63. The number of rotatable bonds is 5. The van der Waals surface area contributed by atoms with Crippen molar-refractivity contribution in [2.45, 2.75) is 9.96 Å². The number of nitro benzene ring substituents is 1. The van der Waals surface area contributed by atoms with Gasteiger partial charge in [-0.25, -0.2) is 0 Å². The maximum absolute atomic E-state index is 12.2. The van der Waals surface area contributed by atoms with Crippen LogP contribution in [0, 0.1) is 10.1 Å². The molecule has 2 rings (SSSR count). The molecule has 1 aromatic heterocycles. The predicted octanol–water partition coefficient (Wildman–Crippen LogP) is 3.53. The molecule has 0 aliphatic rings. The number of alkyl halides is 3. The average Bonchev–Trinajstić information content (AvgIpc) is 2.54. The van der Waals surface area contributed by atoms with Crippen molar-refractivity contribution in [2.24, 2.45) is 0 Å². The number of amides is 1. The van der Waals surface area contributed by atoms with Gasteiger partial charge in [-0.1, -0.05) is 34.8 Å². The molecule has 1 heterocycles. The fourth-order valence-corrected chi connectivity index (χ4v) is 2.08. The van der Waals surface area contributed by atoms with Gasteiger partial charge < -0.3 is 10.6 Å². The van der Waals surface area contributed by atoms with E-state index in [0.29, 0.717) is 11.3 Å². The van der Waals surface area contributed by atoms with E-state index >= 15 is 0 Å². The van der Waals surface area contributed by atoms with Gasteiger partial charge in [0.2, 0.25) is 3.79 Å². The minimum atomic E-state index is -1.86. The Kier molecular flexibility index (Phi) is 5.82. The van der Waals surface area contributed by atoms with Gasteiger partial charge in [0.1, 0.15) is 6.17 Å². The first kappa shape index (κ1) is 18.3. The summed E-state index contributed by atoms with van der Waals surface area (Å²) in [5.41, 5.74) is 0.649. The molecule has 1 amide bonds. The Labute approximate surface area is 152 Å². The molecule has 7 nitrogen and oxygen atoms in total. The maximum Gasteiger partial charge on any atom is 0.269 e. The van der Waals surface area contributed by atoms with Crippen LogP contribution in [0.25, 0.3) is 0 Å². The number of nitrogens with zero attached hydrogens (tertiary/aromatic N) is 2. The molecule has 0 saturated carbocycles. The molecule has 0 fully saturated rings. The molecule has 0 aliphatic heterocycles. The average molecular weight is 390 g/mol. The van der Waals surface area contributed by atoms with Crippen LogP contribution in [-0.2, 0) is 0 Å². The van der Waals surface area contributed by atoms with Gasteiger partial charge in [0.25, 0.3) is 11.6 Å². The van der Waals surface area contributed by atoms with Crippen molar-refractivity contribution in [2.75, 3.05) is 5.32 Å². The molecule has 1 aromatic carbocycles. The highest BCUT2D eigenvalue weighted by molar-refractivity contribution is 6.68. The van der Waals surface area contributed by atoms with Gasteiger partial charge in [0.05, 0.1) is 10.5 Å². The third kappa shape index (κ3) is 4.95. The number of benzene rings is 1. The Balaban J connectivity index is 2.14. The minimum absolute atomic E-state index is 0.0784. The molecule has 24 heavy (non-hydrogen) atoms. The number of hydrogen-bond acceptors (Lipinski definition) is 5. The van der Waals surface area contributed by atoms with Crippen molar-refractivity contribution < 1.29 is 9.72 Å². The number of carbonyl (C=O) groups excluding carboxylic acids is 1. The number of carbonyl (C=O) groups is 1. The predicted molar refractivity (Wildman–Crippen MR) is 92.5 cm³/mol. The molecule has 126 valence electrons. The normalized spacial score (nSPS) is 12.3. The monoisotopic (exact) mass is 388 g/mol. The first-order valence-electron chi connectivity index (χ1n) is 6.56. The van der Waals surface area contributed by atoms with Crippen molar-refractivity contribution in [3.8, 4) is 0 Å². The summed E-state index contributed by atoms with van der Waals surface area (Å²) in [5, 5.41) is 16.0. The van der Waals surface area contributed by atoms with Crippen molar-refractivity contribution >= 4 is 52.1 Å². The Hall–Kier alpha value is -2.09. The molecule has 0 unspecified atom stereocenters. The van der Waals surface area contributed by atoms with E-state index < -0.39 is 20.8 Å². The van der Waals surface area contributed by atoms with Gasteiger partial charge in [-0.15, -0.1) is 0 Å². The number of pyridine rings is 1. The van der Waals surface area contributed by atoms with Crippen LogP contribution in [0.2, 0.25) is 0 Å². The fourth-order valence-electron chi connectivity index (χ4n) is 1.76. The van der Waals surface area contributed by atoms with Crippen LogP contribution < -0.4 is 10.6 Å². The zero-order valence-electron chi connectivity index (χ0n) is 11.9. The van der Waals surface area contributed by atoms with E-state index in [4.69, 9.17) is 34.8 Å². The summed E-state index contributed by atoms with van der Waals surface area (Å²) in [7, 11) is 0. The zero-order chi connectivity index (χ0) is 17.7. The van der Waals surface area contributed by atoms with E-state index in [1.54, 1.807) is 12.1 Å². The highest BCUT2D eigenvalue weighted by Crippen LogP contribution is 2.31. The van der Waals surface area contributed by atoms with Crippen LogP contribution >= 0.6 is 34.8 Å². The minimum Gasteiger partial charge on any atom is -0.362 e. The number of halogens is 3. The highest BCUT2D eigenvalue weighted by Gasteiger charge is 2.34. The van der Waals surface area contributed by atoms with Crippen molar-refractivity contribution in [3.05, 3.63) is 64.5 Å². The van der Waals surface area contributed by atoms with E-state index in [0.717, 1.165) is 0 Å². The van der Waals surface area contributed by atoms with Crippen molar-refractivity contribution in [1.82, 2.24) is 10.3 Å². The standard InChI is InChI=1S/C14H11Cl3N4O3/c15-14(16,17)13(20-12(22)9-2-1-7-18-8-9)19-10-3-5-11(6-4-10)21(23)24/h1-8,13,19H,(H,20,22)/t13-/m1/s1. The Morgan fingerprint density at radius 3 is 2.38 bits per heavy atom. The second-order valence-corrected chi connectivity index (χ2v) is 7.01. The largest absolute Gasteiger partial charge is 0.362 e. The maximum atomic E-state index is 12.2. The first-order chi connectivity index (χ1) is 11.3. The number of nitro groups is 1. The lowest BCUT2D eigenvalue weighted by Crippen LogP contribution is -2.49. The summed E-state index contributed by atoms with van der Waals surface area (Å²) in [6.45, 7) is 0. The van der Waals surface area contributed by atoms with E-state index in [9.17, 15) is 14.9 Å².